The van der Waals surface area contributed by atoms with Crippen molar-refractivity contribution >= 4 is 46.0 Å². The van der Waals surface area contributed by atoms with Crippen LogP contribution in [-0.2, 0) is 9.59 Å². The summed E-state index contributed by atoms with van der Waals surface area (Å²) in [5.41, 5.74) is 3.23. The molecule has 1 aromatic heterocycles. The van der Waals surface area contributed by atoms with Crippen LogP contribution in [0.5, 0.6) is 0 Å². The number of imidazole rings is 1. The van der Waals surface area contributed by atoms with E-state index < -0.39 is 0 Å². The van der Waals surface area contributed by atoms with E-state index in [1.54, 1.807) is 24.3 Å². The minimum Gasteiger partial charge on any atom is -0.333 e. The number of fused-ring (bicyclic) bond motifs is 1. The van der Waals surface area contributed by atoms with Gasteiger partial charge in [0.2, 0.25) is 11.8 Å². The Kier molecular flexibility index (Phi) is 5.58. The molecule has 2 aromatic carbocycles. The Hall–Kier alpha value is -2.80. The van der Waals surface area contributed by atoms with E-state index in [1.165, 1.54) is 18.7 Å². The molecular weight excluding hydrogens is 348 g/mol. The van der Waals surface area contributed by atoms with Crippen molar-refractivity contribution in [1.29, 1.82) is 0 Å². The summed E-state index contributed by atoms with van der Waals surface area (Å²) in [6, 6.07) is 14.8. The summed E-state index contributed by atoms with van der Waals surface area (Å²) >= 11 is 1.42. The summed E-state index contributed by atoms with van der Waals surface area (Å²) in [5, 5.41) is 6.08. The van der Waals surface area contributed by atoms with Gasteiger partial charge >= 0.3 is 0 Å². The first-order valence-corrected chi connectivity index (χ1v) is 9.23. The second-order valence-corrected chi connectivity index (χ2v) is 7.01. The first kappa shape index (κ1) is 18.0. The molecule has 0 aliphatic heterocycles. The molecule has 3 N–H and O–H groups in total. The highest BCUT2D eigenvalue weighted by atomic mass is 32.2. The molecule has 1 atom stereocenters. The predicted molar refractivity (Wildman–Crippen MR) is 105 cm³/mol. The molecule has 1 heterocycles. The van der Waals surface area contributed by atoms with Gasteiger partial charge < -0.3 is 15.6 Å². The van der Waals surface area contributed by atoms with Crippen molar-refractivity contribution in [2.24, 2.45) is 0 Å². The van der Waals surface area contributed by atoms with E-state index in [9.17, 15) is 9.59 Å². The quantitative estimate of drug-likeness (QED) is 0.573. The lowest BCUT2D eigenvalue weighted by molar-refractivity contribution is -0.116. The molecule has 7 heteroatoms. The number of nitrogens with one attached hydrogen (secondary N) is 3. The maximum Gasteiger partial charge on any atom is 0.237 e. The van der Waals surface area contributed by atoms with Gasteiger partial charge in [-0.2, -0.15) is 0 Å². The standard InChI is InChI=1S/C19H20N4O2S/c1-3-17(26-19-22-15-6-4-5-7-16(15)23-19)18(25)21-14-10-8-13(9-11-14)20-12(2)24/h4-11,17H,3H2,1-2H3,(H,20,24)(H,21,25)(H,22,23)/t17-/m0/s1. The molecule has 0 aliphatic carbocycles. The van der Waals surface area contributed by atoms with Gasteiger partial charge in [0.05, 0.1) is 16.3 Å². The maximum absolute atomic E-state index is 12.6. The van der Waals surface area contributed by atoms with Gasteiger partial charge in [-0.1, -0.05) is 30.8 Å². The third-order valence-electron chi connectivity index (χ3n) is 3.76. The Morgan fingerprint density at radius 1 is 1.08 bits per heavy atom. The second kappa shape index (κ2) is 8.05. The zero-order valence-corrected chi connectivity index (χ0v) is 15.4. The van der Waals surface area contributed by atoms with E-state index in [-0.39, 0.29) is 17.1 Å². The highest BCUT2D eigenvalue weighted by molar-refractivity contribution is 8.00. The SMILES string of the molecule is CC[C@H](Sc1nc2ccccc2[nH]1)C(=O)Nc1ccc(NC(C)=O)cc1. The number of H-pyrrole nitrogens is 1. The highest BCUT2D eigenvalue weighted by Crippen LogP contribution is 2.26. The van der Waals surface area contributed by atoms with E-state index in [0.717, 1.165) is 16.2 Å². The lowest BCUT2D eigenvalue weighted by atomic mass is 10.2. The molecule has 3 aromatic rings. The van der Waals surface area contributed by atoms with Crippen LogP contribution in [0, 0.1) is 0 Å². The molecule has 0 radical (unpaired) electrons. The molecule has 0 saturated carbocycles. The fraction of sp³-hybridized carbons (Fsp3) is 0.211. The van der Waals surface area contributed by atoms with E-state index in [4.69, 9.17) is 0 Å². The largest absolute Gasteiger partial charge is 0.333 e. The van der Waals surface area contributed by atoms with Crippen molar-refractivity contribution in [3.8, 4) is 0 Å². The number of carbonyl (C=O) groups excluding carboxylic acids is 2. The monoisotopic (exact) mass is 368 g/mol. The Bertz CT molecular complexity index is 888. The first-order valence-electron chi connectivity index (χ1n) is 8.35. The third-order valence-corrected chi connectivity index (χ3v) is 5.01. The molecule has 26 heavy (non-hydrogen) atoms. The van der Waals surface area contributed by atoms with Crippen LogP contribution in [0.4, 0.5) is 11.4 Å². The number of nitrogens with zero attached hydrogens (tertiary/aromatic N) is 1. The number of rotatable bonds is 6. The van der Waals surface area contributed by atoms with Crippen LogP contribution in [0.3, 0.4) is 0 Å². The maximum atomic E-state index is 12.6. The summed E-state index contributed by atoms with van der Waals surface area (Å²) < 4.78 is 0. The average Bonchev–Trinajstić information content (AvgIpc) is 3.03. The number of thioether (sulfide) groups is 1. The van der Waals surface area contributed by atoms with Gasteiger partial charge in [0.1, 0.15) is 0 Å². The minimum absolute atomic E-state index is 0.0785. The molecular formula is C19H20N4O2S. The van der Waals surface area contributed by atoms with Gasteiger partial charge in [0.15, 0.2) is 5.16 Å². The highest BCUT2D eigenvalue weighted by Gasteiger charge is 2.20. The third kappa shape index (κ3) is 4.43. The van der Waals surface area contributed by atoms with Gasteiger partial charge in [0, 0.05) is 18.3 Å². The Morgan fingerprint density at radius 3 is 2.35 bits per heavy atom. The van der Waals surface area contributed by atoms with Crippen LogP contribution in [0.25, 0.3) is 11.0 Å². The fourth-order valence-electron chi connectivity index (χ4n) is 2.51. The Balaban J connectivity index is 1.65. The molecule has 0 aliphatic rings. The average molecular weight is 368 g/mol. The van der Waals surface area contributed by atoms with Crippen molar-refractivity contribution < 1.29 is 9.59 Å². The number of hydrogen-bond acceptors (Lipinski definition) is 4. The lowest BCUT2D eigenvalue weighted by Crippen LogP contribution is -2.24. The van der Waals surface area contributed by atoms with Crippen molar-refractivity contribution in [3.63, 3.8) is 0 Å². The number of para-hydroxylation sites is 2. The van der Waals surface area contributed by atoms with Gasteiger partial charge in [-0.05, 0) is 42.8 Å². The molecule has 134 valence electrons. The fourth-order valence-corrected chi connectivity index (χ4v) is 3.43. The number of aromatic amines is 1. The van der Waals surface area contributed by atoms with Crippen molar-refractivity contribution in [1.82, 2.24) is 9.97 Å². The second-order valence-electron chi connectivity index (χ2n) is 5.82. The number of hydrogen-bond donors (Lipinski definition) is 3. The lowest BCUT2D eigenvalue weighted by Gasteiger charge is -2.13. The summed E-state index contributed by atoms with van der Waals surface area (Å²) in [6.45, 7) is 3.43. The Morgan fingerprint density at radius 2 is 1.73 bits per heavy atom. The first-order chi connectivity index (χ1) is 12.5. The van der Waals surface area contributed by atoms with Crippen molar-refractivity contribution in [2.45, 2.75) is 30.7 Å². The zero-order valence-electron chi connectivity index (χ0n) is 14.6. The molecule has 0 saturated heterocycles. The zero-order chi connectivity index (χ0) is 18.5. The minimum atomic E-state index is -0.259. The smallest absolute Gasteiger partial charge is 0.237 e. The normalized spacial score (nSPS) is 11.9. The molecule has 2 amide bonds. The number of carbonyl (C=O) groups is 2. The molecule has 0 fully saturated rings. The summed E-state index contributed by atoms with van der Waals surface area (Å²) in [4.78, 5) is 31.4. The summed E-state index contributed by atoms with van der Waals surface area (Å²) in [5.74, 6) is -0.208. The topological polar surface area (TPSA) is 86.9 Å². The Labute approximate surface area is 155 Å². The molecule has 0 spiro atoms. The van der Waals surface area contributed by atoms with Crippen molar-refractivity contribution in [2.75, 3.05) is 10.6 Å². The molecule has 6 nitrogen and oxygen atoms in total. The number of anilines is 2. The van der Waals surface area contributed by atoms with Gasteiger partial charge in [-0.15, -0.1) is 0 Å². The van der Waals surface area contributed by atoms with Crippen LogP contribution in [0.2, 0.25) is 0 Å². The number of aromatic nitrogens is 2. The van der Waals surface area contributed by atoms with Gasteiger partial charge in [-0.3, -0.25) is 9.59 Å². The number of amides is 2. The van der Waals surface area contributed by atoms with Crippen LogP contribution >= 0.6 is 11.8 Å². The van der Waals surface area contributed by atoms with Crippen LogP contribution in [0.15, 0.2) is 53.7 Å². The van der Waals surface area contributed by atoms with Crippen LogP contribution in [0.1, 0.15) is 20.3 Å². The molecule has 0 bridgehead atoms. The predicted octanol–water partition coefficient (Wildman–Crippen LogP) is 4.03. The van der Waals surface area contributed by atoms with E-state index in [0.29, 0.717) is 17.8 Å². The van der Waals surface area contributed by atoms with Gasteiger partial charge in [-0.25, -0.2) is 4.98 Å². The van der Waals surface area contributed by atoms with Crippen molar-refractivity contribution in [3.05, 3.63) is 48.5 Å². The summed E-state index contributed by atoms with van der Waals surface area (Å²) in [7, 11) is 0. The van der Waals surface area contributed by atoms with E-state index >= 15 is 0 Å². The number of benzene rings is 2. The molecule has 3 rings (SSSR count). The summed E-state index contributed by atoms with van der Waals surface area (Å²) in [6.07, 6.45) is 0.678. The van der Waals surface area contributed by atoms with E-state index in [1.807, 2.05) is 31.2 Å². The van der Waals surface area contributed by atoms with Gasteiger partial charge in [0.25, 0.3) is 0 Å². The molecule has 0 unspecified atom stereocenters. The van der Waals surface area contributed by atoms with Crippen LogP contribution in [-0.4, -0.2) is 27.0 Å². The van der Waals surface area contributed by atoms with Crippen LogP contribution < -0.4 is 10.6 Å². The van der Waals surface area contributed by atoms with E-state index in [2.05, 4.69) is 20.6 Å².